The number of amides is 1. The second-order valence-corrected chi connectivity index (χ2v) is 6.31. The van der Waals surface area contributed by atoms with Crippen molar-refractivity contribution in [3.63, 3.8) is 0 Å². The first kappa shape index (κ1) is 15.5. The van der Waals surface area contributed by atoms with Crippen molar-refractivity contribution >= 4 is 11.6 Å². The lowest BCUT2D eigenvalue weighted by molar-refractivity contribution is -0.121. The number of nitrogens with one attached hydrogen (secondary N) is 1. The molecular formula is C16H26N2O. The van der Waals surface area contributed by atoms with Gasteiger partial charge >= 0.3 is 0 Å². The summed E-state index contributed by atoms with van der Waals surface area (Å²) in [7, 11) is 0. The lowest BCUT2D eigenvalue weighted by atomic mass is 9.82. The highest BCUT2D eigenvalue weighted by molar-refractivity contribution is 5.76. The molecule has 0 saturated heterocycles. The maximum atomic E-state index is 11.8. The summed E-state index contributed by atoms with van der Waals surface area (Å²) in [6.45, 7) is 9.49. The third-order valence-corrected chi connectivity index (χ3v) is 3.70. The van der Waals surface area contributed by atoms with Crippen LogP contribution >= 0.6 is 0 Å². The monoisotopic (exact) mass is 262 g/mol. The largest absolute Gasteiger partial charge is 0.399 e. The summed E-state index contributed by atoms with van der Waals surface area (Å²) in [5.41, 5.74) is 7.75. The third-order valence-electron chi connectivity index (χ3n) is 3.70. The smallest absolute Gasteiger partial charge is 0.220 e. The summed E-state index contributed by atoms with van der Waals surface area (Å²) in [6.07, 6.45) is 1.29. The zero-order chi connectivity index (χ0) is 14.5. The van der Waals surface area contributed by atoms with E-state index in [-0.39, 0.29) is 11.3 Å². The molecular weight excluding hydrogens is 236 g/mol. The topological polar surface area (TPSA) is 55.1 Å². The first-order valence-electron chi connectivity index (χ1n) is 6.90. The molecule has 0 aliphatic rings. The number of hydrogen-bond donors (Lipinski definition) is 2. The van der Waals surface area contributed by atoms with Crippen molar-refractivity contribution in [1.82, 2.24) is 5.32 Å². The second kappa shape index (κ2) is 6.60. The normalized spacial score (nSPS) is 13.1. The van der Waals surface area contributed by atoms with Gasteiger partial charge in [-0.05, 0) is 35.4 Å². The van der Waals surface area contributed by atoms with Crippen molar-refractivity contribution < 1.29 is 4.79 Å². The molecule has 1 atom stereocenters. The van der Waals surface area contributed by atoms with Crippen LogP contribution in [0.2, 0.25) is 0 Å². The molecule has 3 N–H and O–H groups in total. The Labute approximate surface area is 116 Å². The second-order valence-electron chi connectivity index (χ2n) is 6.31. The van der Waals surface area contributed by atoms with Crippen molar-refractivity contribution in [2.75, 3.05) is 12.3 Å². The number of nitrogens with two attached hydrogens (primary N) is 1. The number of carbonyl (C=O) groups excluding carboxylic acids is 1. The summed E-state index contributed by atoms with van der Waals surface area (Å²) in [5, 5.41) is 3.01. The Bertz CT molecular complexity index is 404. The molecule has 1 aromatic rings. The molecule has 0 heterocycles. The van der Waals surface area contributed by atoms with Crippen LogP contribution < -0.4 is 11.1 Å². The Morgan fingerprint density at radius 1 is 1.26 bits per heavy atom. The number of benzene rings is 1. The van der Waals surface area contributed by atoms with Gasteiger partial charge in [0.15, 0.2) is 0 Å². The zero-order valence-corrected chi connectivity index (χ0v) is 12.5. The van der Waals surface area contributed by atoms with E-state index in [2.05, 4.69) is 33.0 Å². The van der Waals surface area contributed by atoms with Gasteiger partial charge in [0.2, 0.25) is 5.91 Å². The number of hydrogen-bond acceptors (Lipinski definition) is 2. The van der Waals surface area contributed by atoms with Crippen LogP contribution in [0.1, 0.15) is 39.7 Å². The van der Waals surface area contributed by atoms with E-state index in [1.54, 1.807) is 0 Å². The van der Waals surface area contributed by atoms with E-state index < -0.39 is 0 Å². The van der Waals surface area contributed by atoms with Gasteiger partial charge in [0.25, 0.3) is 0 Å². The molecule has 106 valence electrons. The van der Waals surface area contributed by atoms with Gasteiger partial charge in [-0.2, -0.15) is 0 Å². The molecule has 3 heteroatoms. The van der Waals surface area contributed by atoms with E-state index in [0.717, 1.165) is 24.2 Å². The first-order valence-corrected chi connectivity index (χ1v) is 6.90. The summed E-state index contributed by atoms with van der Waals surface area (Å²) in [6, 6.07) is 7.69. The fraction of sp³-hybridized carbons (Fsp3) is 0.562. The van der Waals surface area contributed by atoms with E-state index in [1.165, 1.54) is 0 Å². The van der Waals surface area contributed by atoms with Crippen molar-refractivity contribution in [2.24, 2.45) is 11.3 Å². The van der Waals surface area contributed by atoms with Crippen molar-refractivity contribution in [1.29, 1.82) is 0 Å². The highest BCUT2D eigenvalue weighted by Gasteiger charge is 2.20. The van der Waals surface area contributed by atoms with E-state index in [9.17, 15) is 4.79 Å². The third kappa shape index (κ3) is 5.77. The van der Waals surface area contributed by atoms with E-state index in [1.807, 2.05) is 24.3 Å². The van der Waals surface area contributed by atoms with Gasteiger partial charge in [-0.25, -0.2) is 0 Å². The number of carbonyl (C=O) groups is 1. The van der Waals surface area contributed by atoms with Gasteiger partial charge in [-0.3, -0.25) is 4.79 Å². The van der Waals surface area contributed by atoms with Gasteiger partial charge in [-0.15, -0.1) is 0 Å². The predicted octanol–water partition coefficient (Wildman–Crippen LogP) is 3.00. The minimum Gasteiger partial charge on any atom is -0.399 e. The van der Waals surface area contributed by atoms with Gasteiger partial charge in [0.05, 0.1) is 0 Å². The Morgan fingerprint density at radius 3 is 2.37 bits per heavy atom. The number of anilines is 1. The van der Waals surface area contributed by atoms with Gasteiger partial charge < -0.3 is 11.1 Å². The van der Waals surface area contributed by atoms with Crippen LogP contribution in [0.15, 0.2) is 24.3 Å². The minimum absolute atomic E-state index is 0.118. The Kier molecular flexibility index (Phi) is 5.40. The van der Waals surface area contributed by atoms with Gasteiger partial charge in [-0.1, -0.05) is 39.8 Å². The van der Waals surface area contributed by atoms with Crippen LogP contribution in [0.4, 0.5) is 5.69 Å². The molecule has 0 radical (unpaired) electrons. The molecule has 1 aromatic carbocycles. The number of aryl methyl sites for hydroxylation is 1. The summed E-state index contributed by atoms with van der Waals surface area (Å²) < 4.78 is 0. The predicted molar refractivity (Wildman–Crippen MR) is 80.8 cm³/mol. The zero-order valence-electron chi connectivity index (χ0n) is 12.5. The van der Waals surface area contributed by atoms with Gasteiger partial charge in [0, 0.05) is 18.7 Å². The highest BCUT2D eigenvalue weighted by atomic mass is 16.1. The summed E-state index contributed by atoms with van der Waals surface area (Å²) in [5.74, 6) is 0.584. The summed E-state index contributed by atoms with van der Waals surface area (Å²) in [4.78, 5) is 11.8. The fourth-order valence-electron chi connectivity index (χ4n) is 1.60. The average Bonchev–Trinajstić information content (AvgIpc) is 2.34. The van der Waals surface area contributed by atoms with Crippen molar-refractivity contribution in [3.05, 3.63) is 29.8 Å². The molecule has 19 heavy (non-hydrogen) atoms. The molecule has 3 nitrogen and oxygen atoms in total. The molecule has 0 aliphatic heterocycles. The summed E-state index contributed by atoms with van der Waals surface area (Å²) >= 11 is 0. The van der Waals surface area contributed by atoms with Crippen LogP contribution in [0.3, 0.4) is 0 Å². The molecule has 0 aliphatic carbocycles. The van der Waals surface area contributed by atoms with E-state index in [4.69, 9.17) is 5.73 Å². The lowest BCUT2D eigenvalue weighted by Crippen LogP contribution is -2.33. The van der Waals surface area contributed by atoms with Crippen molar-refractivity contribution in [2.45, 2.75) is 40.5 Å². The average molecular weight is 262 g/mol. The SMILES string of the molecule is CC(CNC(=O)CCc1ccc(N)cc1)C(C)(C)C. The minimum atomic E-state index is 0.118. The molecule has 0 fully saturated rings. The van der Waals surface area contributed by atoms with Crippen LogP contribution in [-0.2, 0) is 11.2 Å². The molecule has 1 amide bonds. The number of nitrogen functional groups attached to an aromatic ring is 1. The van der Waals surface area contributed by atoms with Crippen LogP contribution in [0.25, 0.3) is 0 Å². The molecule has 1 rings (SSSR count). The molecule has 0 aromatic heterocycles. The Balaban J connectivity index is 2.30. The maximum absolute atomic E-state index is 11.8. The van der Waals surface area contributed by atoms with Crippen molar-refractivity contribution in [3.8, 4) is 0 Å². The molecule has 0 spiro atoms. The quantitative estimate of drug-likeness (QED) is 0.801. The molecule has 0 saturated carbocycles. The van der Waals surface area contributed by atoms with Crippen LogP contribution in [0, 0.1) is 11.3 Å². The number of rotatable bonds is 5. The lowest BCUT2D eigenvalue weighted by Gasteiger charge is -2.27. The van der Waals surface area contributed by atoms with Crippen LogP contribution in [-0.4, -0.2) is 12.5 Å². The highest BCUT2D eigenvalue weighted by Crippen LogP contribution is 2.24. The Morgan fingerprint density at radius 2 is 1.84 bits per heavy atom. The maximum Gasteiger partial charge on any atom is 0.220 e. The molecule has 1 unspecified atom stereocenters. The fourth-order valence-corrected chi connectivity index (χ4v) is 1.60. The standard InChI is InChI=1S/C16H26N2O/c1-12(16(2,3)4)11-18-15(19)10-7-13-5-8-14(17)9-6-13/h5-6,8-9,12H,7,10-11,17H2,1-4H3,(H,18,19). The molecule has 0 bridgehead atoms. The van der Waals surface area contributed by atoms with E-state index in [0.29, 0.717) is 12.3 Å². The Hall–Kier alpha value is -1.51. The van der Waals surface area contributed by atoms with Gasteiger partial charge in [0.1, 0.15) is 0 Å². The van der Waals surface area contributed by atoms with Crippen LogP contribution in [0.5, 0.6) is 0 Å². The van der Waals surface area contributed by atoms with E-state index >= 15 is 0 Å². The first-order chi connectivity index (χ1) is 8.79.